The van der Waals surface area contributed by atoms with Gasteiger partial charge in [0.25, 0.3) is 5.69 Å². The minimum Gasteiger partial charge on any atom is -0.497 e. The summed E-state index contributed by atoms with van der Waals surface area (Å²) >= 11 is 1.20. The highest BCUT2D eigenvalue weighted by atomic mass is 32.2. The van der Waals surface area contributed by atoms with Crippen LogP contribution in [0.25, 0.3) is 0 Å². The molecule has 0 bridgehead atoms. The van der Waals surface area contributed by atoms with Crippen LogP contribution >= 0.6 is 11.8 Å². The van der Waals surface area contributed by atoms with Crippen LogP contribution in [0.5, 0.6) is 11.5 Å². The van der Waals surface area contributed by atoms with Gasteiger partial charge in [-0.15, -0.1) is 16.8 Å². The molecule has 0 spiro atoms. The Morgan fingerprint density at radius 3 is 2.62 bits per heavy atom. The molecule has 1 aromatic heterocycles. The maximum atomic E-state index is 12.5. The second-order valence-corrected chi connectivity index (χ2v) is 7.64. The summed E-state index contributed by atoms with van der Waals surface area (Å²) in [5.41, 5.74) is 0.153. The predicted molar refractivity (Wildman–Crippen MR) is 120 cm³/mol. The van der Waals surface area contributed by atoms with Crippen molar-refractivity contribution in [2.24, 2.45) is 0 Å². The number of nitrogens with zero attached hydrogens (tertiary/aromatic N) is 4. The first-order chi connectivity index (χ1) is 15.4. The molecule has 0 saturated heterocycles. The number of rotatable bonds is 11. The first-order valence-corrected chi connectivity index (χ1v) is 10.7. The quantitative estimate of drug-likeness (QED) is 0.137. The van der Waals surface area contributed by atoms with Crippen LogP contribution < -0.4 is 9.47 Å². The van der Waals surface area contributed by atoms with Crippen LogP contribution in [0.15, 0.2) is 66.3 Å². The van der Waals surface area contributed by atoms with Crippen LogP contribution in [-0.2, 0) is 6.54 Å². The molecule has 0 fully saturated rings. The summed E-state index contributed by atoms with van der Waals surface area (Å²) in [5.74, 6) is 1.79. The number of carbonyl (C=O) groups excluding carboxylic acids is 1. The van der Waals surface area contributed by atoms with Crippen molar-refractivity contribution >= 4 is 23.2 Å². The maximum Gasteiger partial charge on any atom is 0.270 e. The van der Waals surface area contributed by atoms with Gasteiger partial charge >= 0.3 is 0 Å². The van der Waals surface area contributed by atoms with Gasteiger partial charge in [0.2, 0.25) is 0 Å². The fourth-order valence-corrected chi connectivity index (χ4v) is 3.78. The van der Waals surface area contributed by atoms with Gasteiger partial charge in [0.1, 0.15) is 11.5 Å². The molecule has 3 aromatic rings. The average Bonchev–Trinajstić information content (AvgIpc) is 3.21. The molecule has 0 saturated carbocycles. The number of nitro benzene ring substituents is 1. The Morgan fingerprint density at radius 2 is 1.97 bits per heavy atom. The lowest BCUT2D eigenvalue weighted by Gasteiger charge is -2.16. The number of carbonyl (C=O) groups is 1. The number of Topliss-reactive ketones (excluding diaryl/α,β-unsaturated/α-hetero) is 1. The van der Waals surface area contributed by atoms with E-state index in [2.05, 4.69) is 16.8 Å². The van der Waals surface area contributed by atoms with Crippen LogP contribution in [0, 0.1) is 10.1 Å². The monoisotopic (exact) mass is 454 g/mol. The molecule has 1 unspecified atom stereocenters. The third kappa shape index (κ3) is 5.52. The molecule has 2 aromatic carbocycles. The Bertz CT molecular complexity index is 1110. The van der Waals surface area contributed by atoms with Crippen LogP contribution in [0.4, 0.5) is 5.69 Å². The molecular weight excluding hydrogens is 432 g/mol. The number of thioether (sulfide) groups is 1. The van der Waals surface area contributed by atoms with E-state index >= 15 is 0 Å². The van der Waals surface area contributed by atoms with Gasteiger partial charge in [-0.3, -0.25) is 19.5 Å². The first-order valence-electron chi connectivity index (χ1n) is 9.68. The fourth-order valence-electron chi connectivity index (χ4n) is 2.93. The van der Waals surface area contributed by atoms with Gasteiger partial charge in [-0.2, -0.15) is 0 Å². The summed E-state index contributed by atoms with van der Waals surface area (Å²) in [7, 11) is 1.60. The Labute approximate surface area is 189 Å². The van der Waals surface area contributed by atoms with E-state index in [1.54, 1.807) is 43.5 Å². The van der Waals surface area contributed by atoms with E-state index in [0.717, 1.165) is 5.75 Å². The van der Waals surface area contributed by atoms with E-state index in [0.29, 0.717) is 23.3 Å². The highest BCUT2D eigenvalue weighted by Crippen LogP contribution is 2.26. The molecule has 0 N–H and O–H groups in total. The second-order valence-electron chi connectivity index (χ2n) is 6.69. The van der Waals surface area contributed by atoms with Crippen LogP contribution in [0.3, 0.4) is 0 Å². The van der Waals surface area contributed by atoms with Crippen molar-refractivity contribution in [3.63, 3.8) is 0 Å². The zero-order valence-electron chi connectivity index (χ0n) is 17.6. The van der Waals surface area contributed by atoms with Crippen molar-refractivity contribution in [1.29, 1.82) is 0 Å². The number of benzene rings is 2. The van der Waals surface area contributed by atoms with Gasteiger partial charge in [0.05, 0.1) is 17.8 Å². The van der Waals surface area contributed by atoms with E-state index in [4.69, 9.17) is 9.47 Å². The Hall–Kier alpha value is -3.66. The van der Waals surface area contributed by atoms with Crippen molar-refractivity contribution in [1.82, 2.24) is 14.8 Å². The number of nitro groups is 1. The van der Waals surface area contributed by atoms with Crippen molar-refractivity contribution in [2.75, 3.05) is 12.9 Å². The average molecular weight is 455 g/mol. The maximum absolute atomic E-state index is 12.5. The molecule has 0 aliphatic heterocycles. The highest BCUT2D eigenvalue weighted by molar-refractivity contribution is 7.99. The number of ketones is 1. The number of hydrogen-bond acceptors (Lipinski definition) is 8. The summed E-state index contributed by atoms with van der Waals surface area (Å²) in [6, 6.07) is 12.9. The van der Waals surface area contributed by atoms with Crippen molar-refractivity contribution < 1.29 is 19.2 Å². The molecule has 0 radical (unpaired) electrons. The van der Waals surface area contributed by atoms with Gasteiger partial charge in [-0.1, -0.05) is 30.0 Å². The number of aromatic nitrogens is 3. The number of hydrogen-bond donors (Lipinski definition) is 0. The molecule has 3 rings (SSSR count). The summed E-state index contributed by atoms with van der Waals surface area (Å²) < 4.78 is 13.0. The zero-order valence-corrected chi connectivity index (χ0v) is 18.4. The zero-order chi connectivity index (χ0) is 23.1. The molecule has 0 aliphatic rings. The number of non-ortho nitro benzene ring substituents is 1. The Balaban J connectivity index is 1.72. The SMILES string of the molecule is C=CCn1c(SCC(=O)c2cccc([N+](=O)[O-])c2)nnc1C(C)Oc1ccc(OC)cc1. The Morgan fingerprint density at radius 1 is 1.25 bits per heavy atom. The summed E-state index contributed by atoms with van der Waals surface area (Å²) in [5, 5.41) is 19.9. The first kappa shape index (κ1) is 23.0. The molecule has 0 aliphatic carbocycles. The third-order valence-electron chi connectivity index (χ3n) is 4.50. The third-order valence-corrected chi connectivity index (χ3v) is 5.47. The molecule has 1 heterocycles. The number of allylic oxidation sites excluding steroid dienone is 1. The van der Waals surface area contributed by atoms with E-state index in [1.165, 1.54) is 30.0 Å². The van der Waals surface area contributed by atoms with Gasteiger partial charge < -0.3 is 9.47 Å². The van der Waals surface area contributed by atoms with Gasteiger partial charge in [-0.25, -0.2) is 0 Å². The van der Waals surface area contributed by atoms with Crippen LogP contribution in [-0.4, -0.2) is 38.3 Å². The molecular formula is C22H22N4O5S. The number of methoxy groups -OCH3 is 1. The standard InChI is InChI=1S/C22H22N4O5S/c1-4-12-25-21(15(2)31-19-10-8-18(30-3)9-11-19)23-24-22(25)32-14-20(27)16-6-5-7-17(13-16)26(28)29/h4-11,13,15H,1,12,14H2,2-3H3. The molecule has 0 amide bonds. The summed E-state index contributed by atoms with van der Waals surface area (Å²) in [4.78, 5) is 23.0. The molecule has 9 nitrogen and oxygen atoms in total. The van der Waals surface area contributed by atoms with E-state index < -0.39 is 11.0 Å². The Kier molecular flexibility index (Phi) is 7.61. The molecule has 1 atom stereocenters. The lowest BCUT2D eigenvalue weighted by Crippen LogP contribution is -2.12. The smallest absolute Gasteiger partial charge is 0.270 e. The van der Waals surface area contributed by atoms with Gasteiger partial charge in [-0.05, 0) is 31.2 Å². The molecule has 166 valence electrons. The largest absolute Gasteiger partial charge is 0.497 e. The number of ether oxygens (including phenoxy) is 2. The van der Waals surface area contributed by atoms with Crippen molar-refractivity contribution in [3.05, 3.63) is 82.7 Å². The lowest BCUT2D eigenvalue weighted by atomic mass is 10.1. The van der Waals surface area contributed by atoms with Crippen molar-refractivity contribution in [3.8, 4) is 11.5 Å². The van der Waals surface area contributed by atoms with Crippen molar-refractivity contribution in [2.45, 2.75) is 24.7 Å². The van der Waals surface area contributed by atoms with Gasteiger partial charge in [0.15, 0.2) is 22.9 Å². The fraction of sp³-hybridized carbons (Fsp3) is 0.227. The topological polar surface area (TPSA) is 109 Å². The predicted octanol–water partition coefficient (Wildman–Crippen LogP) is 4.50. The van der Waals surface area contributed by atoms with Crippen LogP contribution in [0.2, 0.25) is 0 Å². The molecule has 10 heteroatoms. The second kappa shape index (κ2) is 10.6. The summed E-state index contributed by atoms with van der Waals surface area (Å²) in [6.45, 7) is 6.07. The molecule has 32 heavy (non-hydrogen) atoms. The normalized spacial score (nSPS) is 11.6. The highest BCUT2D eigenvalue weighted by Gasteiger charge is 2.20. The van der Waals surface area contributed by atoms with Gasteiger partial charge in [0, 0.05) is 24.2 Å². The van der Waals surface area contributed by atoms with E-state index in [9.17, 15) is 14.9 Å². The van der Waals surface area contributed by atoms with E-state index in [1.807, 2.05) is 11.5 Å². The van der Waals surface area contributed by atoms with Crippen LogP contribution in [0.1, 0.15) is 29.2 Å². The van der Waals surface area contributed by atoms with E-state index in [-0.39, 0.29) is 22.8 Å². The lowest BCUT2D eigenvalue weighted by molar-refractivity contribution is -0.384. The minimum absolute atomic E-state index is 0.0597. The summed E-state index contributed by atoms with van der Waals surface area (Å²) in [6.07, 6.45) is 1.30. The minimum atomic E-state index is -0.527.